The second kappa shape index (κ2) is 8.94. The number of carbonyl (C=O) groups excluding carboxylic acids is 1. The molecule has 1 rings (SSSR count). The maximum Gasteiger partial charge on any atom is 0.346 e. The van der Waals surface area contributed by atoms with Crippen molar-refractivity contribution in [1.29, 1.82) is 0 Å². The van der Waals surface area contributed by atoms with E-state index in [1.54, 1.807) is 0 Å². The lowest BCUT2D eigenvalue weighted by Gasteiger charge is -2.37. The molecule has 3 N–H and O–H groups in total. The van der Waals surface area contributed by atoms with Crippen molar-refractivity contribution in [3.8, 4) is 0 Å². The van der Waals surface area contributed by atoms with E-state index in [-0.39, 0.29) is 17.6 Å². The highest BCUT2D eigenvalue weighted by molar-refractivity contribution is 8.13. The van der Waals surface area contributed by atoms with Crippen LogP contribution in [0, 0.1) is 0 Å². The summed E-state index contributed by atoms with van der Waals surface area (Å²) in [6.45, 7) is 2.84. The Kier molecular flexibility index (Phi) is 8.19. The molecule has 1 aliphatic heterocycles. The largest absolute Gasteiger partial charge is 0.346 e. The fourth-order valence-corrected chi connectivity index (χ4v) is 5.70. The first-order chi connectivity index (χ1) is 10.5. The fraction of sp³-hybridized carbons (Fsp3) is 0.917. The van der Waals surface area contributed by atoms with Crippen molar-refractivity contribution in [3.05, 3.63) is 0 Å². The number of piperidine rings is 1. The van der Waals surface area contributed by atoms with Crippen LogP contribution in [0.2, 0.25) is 0 Å². The monoisotopic (exact) mass is 389 g/mol. The van der Waals surface area contributed by atoms with Crippen LogP contribution in [0.4, 0.5) is 0 Å². The summed E-state index contributed by atoms with van der Waals surface area (Å²) in [6.07, 6.45) is 2.85. The van der Waals surface area contributed by atoms with Gasteiger partial charge in [-0.25, -0.2) is 0 Å². The van der Waals surface area contributed by atoms with E-state index >= 15 is 0 Å². The van der Waals surface area contributed by atoms with Crippen LogP contribution in [-0.2, 0) is 19.5 Å². The van der Waals surface area contributed by atoms with Crippen LogP contribution in [0.1, 0.15) is 39.0 Å². The Balaban J connectivity index is 2.69. The van der Waals surface area contributed by atoms with Gasteiger partial charge in [0.05, 0.1) is 0 Å². The Morgan fingerprint density at radius 2 is 2.04 bits per heavy atom. The number of rotatable bonds is 8. The van der Waals surface area contributed by atoms with E-state index in [9.17, 15) is 27.6 Å². The van der Waals surface area contributed by atoms with Crippen molar-refractivity contribution in [2.75, 3.05) is 18.8 Å². The summed E-state index contributed by atoms with van der Waals surface area (Å²) < 4.78 is 43.1. The highest BCUT2D eigenvalue weighted by atomic mass is 32.2. The van der Waals surface area contributed by atoms with Gasteiger partial charge < -0.3 is 14.7 Å². The molecule has 2 unspecified atom stereocenters. The molecular weight excluding hydrogens is 365 g/mol. The summed E-state index contributed by atoms with van der Waals surface area (Å²) in [4.78, 5) is 29.3. The third-order valence-corrected chi connectivity index (χ3v) is 8.20. The molecule has 0 bridgehead atoms. The van der Waals surface area contributed by atoms with Gasteiger partial charge in [-0.05, 0) is 38.8 Å². The summed E-state index contributed by atoms with van der Waals surface area (Å²) in [5, 5.41) is 0.0353. The van der Waals surface area contributed by atoms with Crippen molar-refractivity contribution in [2.24, 2.45) is 0 Å². The van der Waals surface area contributed by atoms with Gasteiger partial charge in [-0.3, -0.25) is 13.9 Å². The van der Waals surface area contributed by atoms with E-state index < -0.39 is 22.7 Å². The Hall–Kier alpha value is 0.0400. The molecule has 23 heavy (non-hydrogen) atoms. The minimum absolute atomic E-state index is 0.0353. The number of hydrogen-bond donors (Lipinski definition) is 3. The molecule has 1 aliphatic rings. The summed E-state index contributed by atoms with van der Waals surface area (Å²) >= 11 is 1.22. The Bertz CT molecular complexity index is 548. The van der Waals surface area contributed by atoms with Crippen molar-refractivity contribution in [1.82, 2.24) is 4.90 Å². The van der Waals surface area contributed by atoms with E-state index in [1.807, 2.05) is 4.90 Å². The predicted octanol–water partition coefficient (Wildman–Crippen LogP) is 1.29. The minimum atomic E-state index is -4.95. The van der Waals surface area contributed by atoms with Gasteiger partial charge in [0.25, 0.3) is 10.1 Å². The molecule has 0 aromatic carbocycles. The molecule has 1 fully saturated rings. The van der Waals surface area contributed by atoms with Crippen molar-refractivity contribution < 1.29 is 32.1 Å². The van der Waals surface area contributed by atoms with Crippen molar-refractivity contribution >= 4 is 34.6 Å². The molecule has 0 aliphatic carbocycles. The van der Waals surface area contributed by atoms with Crippen molar-refractivity contribution in [3.63, 3.8) is 0 Å². The zero-order chi connectivity index (χ0) is 17.7. The number of carbonyl (C=O) groups is 1. The number of thioether (sulfide) groups is 1. The molecule has 0 amide bonds. The molecular formula is C12H24NO7PS2. The van der Waals surface area contributed by atoms with Crippen LogP contribution in [0.25, 0.3) is 0 Å². The minimum Gasteiger partial charge on any atom is -0.323 e. The average molecular weight is 389 g/mol. The van der Waals surface area contributed by atoms with E-state index in [1.165, 1.54) is 18.7 Å². The van der Waals surface area contributed by atoms with E-state index in [2.05, 4.69) is 0 Å². The first-order valence-electron chi connectivity index (χ1n) is 7.40. The van der Waals surface area contributed by atoms with Crippen LogP contribution >= 0.6 is 19.4 Å². The summed E-state index contributed by atoms with van der Waals surface area (Å²) in [5.41, 5.74) is 0. The lowest BCUT2D eigenvalue weighted by molar-refractivity contribution is -0.109. The summed E-state index contributed by atoms with van der Waals surface area (Å²) in [5.74, 6) is 0.652. The normalized spacial score (nSPS) is 22.0. The number of nitrogens with zero attached hydrogens (tertiary/aromatic N) is 1. The Labute approximate surface area is 140 Å². The Morgan fingerprint density at radius 1 is 1.39 bits per heavy atom. The topological polar surface area (TPSA) is 132 Å². The average Bonchev–Trinajstić information content (AvgIpc) is 2.39. The SMILES string of the molecule is CC(=O)SCCCN1CCCCC1CC(P(=O)(O)O)S(=O)(=O)O. The molecule has 136 valence electrons. The van der Waals surface area contributed by atoms with Gasteiger partial charge in [0, 0.05) is 18.7 Å². The standard InChI is InChI=1S/C12H24NO7PS2/c1-10(14)22-8-4-7-13-6-3-2-5-11(13)9-12(21(15,16)17)23(18,19)20/h11-12H,2-9H2,1H3,(H2,15,16,17)(H,18,19,20). The molecule has 8 nitrogen and oxygen atoms in total. The maximum atomic E-state index is 11.4. The zero-order valence-corrected chi connectivity index (χ0v) is 15.5. The molecule has 0 aromatic rings. The van der Waals surface area contributed by atoms with Gasteiger partial charge in [0.1, 0.15) is 0 Å². The third-order valence-electron chi connectivity index (χ3n) is 3.84. The lowest BCUT2D eigenvalue weighted by atomic mass is 10.00. The molecule has 1 heterocycles. The second-order valence-corrected chi connectivity index (χ2v) is 10.7. The highest BCUT2D eigenvalue weighted by Gasteiger charge is 2.42. The molecule has 11 heteroatoms. The van der Waals surface area contributed by atoms with Gasteiger partial charge in [-0.1, -0.05) is 18.2 Å². The van der Waals surface area contributed by atoms with Crippen molar-refractivity contribution in [2.45, 2.75) is 50.1 Å². The van der Waals surface area contributed by atoms with Gasteiger partial charge in [-0.2, -0.15) is 8.42 Å². The number of hydrogen-bond acceptors (Lipinski definition) is 6. The van der Waals surface area contributed by atoms with E-state index in [0.29, 0.717) is 18.7 Å². The number of likely N-dealkylation sites (tertiary alicyclic amines) is 1. The molecule has 1 saturated heterocycles. The van der Waals surface area contributed by atoms with E-state index in [0.717, 1.165) is 25.8 Å². The van der Waals surface area contributed by atoms with Gasteiger partial charge >= 0.3 is 7.60 Å². The van der Waals surface area contributed by atoms with Crippen LogP contribution < -0.4 is 0 Å². The Morgan fingerprint density at radius 3 is 2.57 bits per heavy atom. The molecule has 2 atom stereocenters. The third kappa shape index (κ3) is 7.64. The predicted molar refractivity (Wildman–Crippen MR) is 89.0 cm³/mol. The van der Waals surface area contributed by atoms with Crippen LogP contribution in [0.5, 0.6) is 0 Å². The quantitative estimate of drug-likeness (QED) is 0.319. The van der Waals surface area contributed by atoms with Crippen LogP contribution in [-0.4, -0.2) is 62.6 Å². The van der Waals surface area contributed by atoms with Gasteiger partial charge in [0.2, 0.25) is 0 Å². The molecule has 0 aromatic heterocycles. The zero-order valence-electron chi connectivity index (χ0n) is 13.0. The molecule has 0 radical (unpaired) electrons. The fourth-order valence-electron chi connectivity index (χ4n) is 2.77. The summed E-state index contributed by atoms with van der Waals surface area (Å²) in [6, 6.07) is -0.300. The van der Waals surface area contributed by atoms with Gasteiger partial charge in [0.15, 0.2) is 10.1 Å². The smallest absolute Gasteiger partial charge is 0.323 e. The molecule has 0 spiro atoms. The van der Waals surface area contributed by atoms with Gasteiger partial charge in [-0.15, -0.1) is 0 Å². The summed E-state index contributed by atoms with van der Waals surface area (Å²) in [7, 11) is -9.77. The molecule has 0 saturated carbocycles. The van der Waals surface area contributed by atoms with Crippen LogP contribution in [0.3, 0.4) is 0 Å². The maximum absolute atomic E-state index is 11.4. The first kappa shape index (κ1) is 21.1. The first-order valence-corrected chi connectivity index (χ1v) is 11.6. The lowest BCUT2D eigenvalue weighted by Crippen LogP contribution is -2.43. The highest BCUT2D eigenvalue weighted by Crippen LogP contribution is 2.47. The van der Waals surface area contributed by atoms with E-state index in [4.69, 9.17) is 4.55 Å². The second-order valence-electron chi connectivity index (χ2n) is 5.67. The van der Waals surface area contributed by atoms with Crippen LogP contribution in [0.15, 0.2) is 0 Å².